The number of nitrogens with zero attached hydrogens (tertiary/aromatic N) is 2. The van der Waals surface area contributed by atoms with E-state index in [1.807, 2.05) is 31.2 Å². The number of hydrogen-bond acceptors (Lipinski definition) is 3. The molecule has 2 aromatic rings. The van der Waals surface area contributed by atoms with Gasteiger partial charge >= 0.3 is 0 Å². The number of ether oxygens (including phenoxy) is 1. The van der Waals surface area contributed by atoms with Crippen molar-refractivity contribution in [2.75, 3.05) is 0 Å². The lowest BCUT2D eigenvalue weighted by Crippen LogP contribution is -2.02. The SMILES string of the molecule is Cc1nc(Cl)c(C)c(OCc2ccc(Br)cc2)n1. The van der Waals surface area contributed by atoms with Crippen molar-refractivity contribution in [3.63, 3.8) is 0 Å². The van der Waals surface area contributed by atoms with Crippen molar-refractivity contribution in [1.82, 2.24) is 9.97 Å². The van der Waals surface area contributed by atoms with Gasteiger partial charge in [0.15, 0.2) is 0 Å². The molecule has 0 aliphatic carbocycles. The first-order chi connectivity index (χ1) is 8.56. The highest BCUT2D eigenvalue weighted by Gasteiger charge is 2.08. The Morgan fingerprint density at radius 1 is 1.17 bits per heavy atom. The number of aromatic nitrogens is 2. The molecular weight excluding hydrogens is 316 g/mol. The van der Waals surface area contributed by atoms with Crippen molar-refractivity contribution in [3.8, 4) is 5.88 Å². The van der Waals surface area contributed by atoms with Crippen LogP contribution < -0.4 is 4.74 Å². The summed E-state index contributed by atoms with van der Waals surface area (Å²) in [5.74, 6) is 1.15. The Morgan fingerprint density at radius 3 is 2.50 bits per heavy atom. The second kappa shape index (κ2) is 5.67. The van der Waals surface area contributed by atoms with Gasteiger partial charge in [-0.25, -0.2) is 4.98 Å². The molecule has 1 aromatic heterocycles. The molecule has 0 radical (unpaired) electrons. The minimum atomic E-state index is 0.438. The summed E-state index contributed by atoms with van der Waals surface area (Å²) in [7, 11) is 0. The molecule has 18 heavy (non-hydrogen) atoms. The first-order valence-electron chi connectivity index (χ1n) is 5.44. The van der Waals surface area contributed by atoms with Crippen LogP contribution in [0.15, 0.2) is 28.7 Å². The lowest BCUT2D eigenvalue weighted by Gasteiger charge is -2.09. The first kappa shape index (κ1) is 13.3. The Kier molecular flexibility index (Phi) is 4.19. The van der Waals surface area contributed by atoms with E-state index in [1.165, 1.54) is 0 Å². The van der Waals surface area contributed by atoms with Gasteiger partial charge in [0.2, 0.25) is 5.88 Å². The molecule has 0 aliphatic heterocycles. The Bertz CT molecular complexity index is 558. The van der Waals surface area contributed by atoms with Crippen LogP contribution in [0.5, 0.6) is 5.88 Å². The topological polar surface area (TPSA) is 35.0 Å². The van der Waals surface area contributed by atoms with Crippen LogP contribution in [0, 0.1) is 13.8 Å². The van der Waals surface area contributed by atoms with Crippen LogP contribution in [0.25, 0.3) is 0 Å². The zero-order valence-corrected chi connectivity index (χ0v) is 12.4. The maximum atomic E-state index is 5.98. The zero-order chi connectivity index (χ0) is 13.1. The Morgan fingerprint density at radius 2 is 1.83 bits per heavy atom. The molecule has 0 atom stereocenters. The van der Waals surface area contributed by atoms with Crippen LogP contribution in [0.4, 0.5) is 0 Å². The predicted octanol–water partition coefficient (Wildman–Crippen LogP) is 4.09. The van der Waals surface area contributed by atoms with Crippen molar-refractivity contribution in [2.45, 2.75) is 20.5 Å². The monoisotopic (exact) mass is 326 g/mol. The van der Waals surface area contributed by atoms with Gasteiger partial charge in [0.1, 0.15) is 17.6 Å². The molecule has 0 spiro atoms. The van der Waals surface area contributed by atoms with Crippen LogP contribution in [0.3, 0.4) is 0 Å². The van der Waals surface area contributed by atoms with E-state index in [4.69, 9.17) is 16.3 Å². The Labute approximate surface area is 119 Å². The summed E-state index contributed by atoms with van der Waals surface area (Å²) in [4.78, 5) is 8.31. The molecule has 5 heteroatoms. The minimum Gasteiger partial charge on any atom is -0.472 e. The average molecular weight is 328 g/mol. The van der Waals surface area contributed by atoms with Crippen LogP contribution in [0.1, 0.15) is 17.0 Å². The van der Waals surface area contributed by atoms with Gasteiger partial charge in [0, 0.05) is 10.0 Å². The maximum absolute atomic E-state index is 5.98. The van der Waals surface area contributed by atoms with Gasteiger partial charge in [-0.3, -0.25) is 0 Å². The number of hydrogen-bond donors (Lipinski definition) is 0. The van der Waals surface area contributed by atoms with E-state index in [0.717, 1.165) is 15.6 Å². The number of halogens is 2. The van der Waals surface area contributed by atoms with Crippen molar-refractivity contribution < 1.29 is 4.74 Å². The maximum Gasteiger partial charge on any atom is 0.221 e. The zero-order valence-electron chi connectivity index (χ0n) is 10.1. The van der Waals surface area contributed by atoms with Gasteiger partial charge < -0.3 is 4.74 Å². The summed E-state index contributed by atoms with van der Waals surface area (Å²) in [6, 6.07) is 7.94. The second-order valence-corrected chi connectivity index (χ2v) is 5.18. The largest absolute Gasteiger partial charge is 0.472 e. The lowest BCUT2D eigenvalue weighted by atomic mass is 10.2. The molecular formula is C13H12BrClN2O. The third kappa shape index (κ3) is 3.21. The van der Waals surface area contributed by atoms with Gasteiger partial charge in [-0.2, -0.15) is 4.98 Å². The van der Waals surface area contributed by atoms with Crippen LogP contribution in [0.2, 0.25) is 5.15 Å². The molecule has 0 N–H and O–H groups in total. The van der Waals surface area contributed by atoms with Crippen molar-refractivity contribution >= 4 is 27.5 Å². The van der Waals surface area contributed by atoms with E-state index in [-0.39, 0.29) is 0 Å². The van der Waals surface area contributed by atoms with Gasteiger partial charge in [0.25, 0.3) is 0 Å². The van der Waals surface area contributed by atoms with E-state index < -0.39 is 0 Å². The number of benzene rings is 1. The normalized spacial score (nSPS) is 10.4. The Balaban J connectivity index is 2.13. The summed E-state index contributed by atoms with van der Waals surface area (Å²) in [5.41, 5.74) is 1.84. The molecule has 0 unspecified atom stereocenters. The molecule has 3 nitrogen and oxygen atoms in total. The molecule has 0 amide bonds. The molecule has 0 bridgehead atoms. The van der Waals surface area contributed by atoms with Crippen LogP contribution >= 0.6 is 27.5 Å². The first-order valence-corrected chi connectivity index (χ1v) is 6.61. The fourth-order valence-electron chi connectivity index (χ4n) is 1.44. The molecule has 0 fully saturated rings. The minimum absolute atomic E-state index is 0.438. The molecule has 1 heterocycles. The number of aryl methyl sites for hydroxylation is 1. The van der Waals surface area contributed by atoms with E-state index in [0.29, 0.717) is 23.5 Å². The quantitative estimate of drug-likeness (QED) is 0.797. The van der Waals surface area contributed by atoms with Crippen molar-refractivity contribution in [1.29, 1.82) is 0 Å². The Hall–Kier alpha value is -1.13. The van der Waals surface area contributed by atoms with E-state index in [1.54, 1.807) is 6.92 Å². The molecule has 1 aromatic carbocycles. The molecule has 0 saturated carbocycles. The van der Waals surface area contributed by atoms with Gasteiger partial charge in [-0.05, 0) is 31.5 Å². The summed E-state index contributed by atoms with van der Waals surface area (Å²) in [5, 5.41) is 0.438. The van der Waals surface area contributed by atoms with Gasteiger partial charge in [-0.15, -0.1) is 0 Å². The summed E-state index contributed by atoms with van der Waals surface area (Å²) >= 11 is 9.38. The highest BCUT2D eigenvalue weighted by atomic mass is 79.9. The number of rotatable bonds is 3. The predicted molar refractivity (Wildman–Crippen MR) is 75.0 cm³/mol. The van der Waals surface area contributed by atoms with Crippen LogP contribution in [-0.2, 0) is 6.61 Å². The average Bonchev–Trinajstić information content (AvgIpc) is 2.34. The van der Waals surface area contributed by atoms with Gasteiger partial charge in [-0.1, -0.05) is 39.7 Å². The molecule has 0 aliphatic rings. The third-order valence-electron chi connectivity index (χ3n) is 2.44. The molecule has 94 valence electrons. The fourth-order valence-corrected chi connectivity index (χ4v) is 1.91. The highest BCUT2D eigenvalue weighted by Crippen LogP contribution is 2.22. The van der Waals surface area contributed by atoms with Crippen molar-refractivity contribution in [3.05, 3.63) is 50.8 Å². The van der Waals surface area contributed by atoms with E-state index in [9.17, 15) is 0 Å². The fraction of sp³-hybridized carbons (Fsp3) is 0.231. The standard InChI is InChI=1S/C13H12BrClN2O/c1-8-12(15)16-9(2)17-13(8)18-7-10-3-5-11(14)6-4-10/h3-6H,7H2,1-2H3. The summed E-state index contributed by atoms with van der Waals surface area (Å²) in [6.45, 7) is 4.09. The molecule has 2 rings (SSSR count). The smallest absolute Gasteiger partial charge is 0.221 e. The second-order valence-electron chi connectivity index (χ2n) is 3.91. The molecule has 0 saturated heterocycles. The van der Waals surface area contributed by atoms with Crippen molar-refractivity contribution in [2.24, 2.45) is 0 Å². The summed E-state index contributed by atoms with van der Waals surface area (Å²) in [6.07, 6.45) is 0. The van der Waals surface area contributed by atoms with Gasteiger partial charge in [0.05, 0.1) is 0 Å². The third-order valence-corrected chi connectivity index (χ3v) is 3.34. The van der Waals surface area contributed by atoms with E-state index >= 15 is 0 Å². The summed E-state index contributed by atoms with van der Waals surface area (Å²) < 4.78 is 6.72. The lowest BCUT2D eigenvalue weighted by molar-refractivity contribution is 0.290. The van der Waals surface area contributed by atoms with Crippen LogP contribution in [-0.4, -0.2) is 9.97 Å². The van der Waals surface area contributed by atoms with E-state index in [2.05, 4.69) is 25.9 Å². The highest BCUT2D eigenvalue weighted by molar-refractivity contribution is 9.10.